The summed E-state index contributed by atoms with van der Waals surface area (Å²) in [5.74, 6) is 0.208. The minimum atomic E-state index is -0.270. The number of carbonyl (C=O) groups excluding carboxylic acids is 2. The predicted molar refractivity (Wildman–Crippen MR) is 86.4 cm³/mol. The van der Waals surface area contributed by atoms with Crippen LogP contribution in [0, 0.1) is 6.92 Å². The van der Waals surface area contributed by atoms with Crippen LogP contribution in [0.25, 0.3) is 5.65 Å². The van der Waals surface area contributed by atoms with Gasteiger partial charge in [0.05, 0.1) is 11.9 Å². The van der Waals surface area contributed by atoms with E-state index in [1.165, 1.54) is 6.92 Å². The number of fused-ring (bicyclic) bond motifs is 1. The summed E-state index contributed by atoms with van der Waals surface area (Å²) in [6.45, 7) is 3.22. The molecule has 0 saturated heterocycles. The molecule has 0 saturated carbocycles. The third-order valence-electron chi connectivity index (χ3n) is 3.14. The van der Waals surface area contributed by atoms with Gasteiger partial charge in [0.2, 0.25) is 5.91 Å². The highest BCUT2D eigenvalue weighted by Crippen LogP contribution is 2.14. The molecule has 2 N–H and O–H groups in total. The van der Waals surface area contributed by atoms with E-state index in [-0.39, 0.29) is 11.8 Å². The summed E-state index contributed by atoms with van der Waals surface area (Å²) in [7, 11) is 0. The predicted octanol–water partition coefficient (Wildman–Crippen LogP) is 2.25. The lowest BCUT2D eigenvalue weighted by Crippen LogP contribution is -2.13. The zero-order valence-corrected chi connectivity index (χ0v) is 12.7. The fraction of sp³-hybridized carbons (Fsp3) is 0.125. The van der Waals surface area contributed by atoms with E-state index < -0.39 is 0 Å². The Kier molecular flexibility index (Phi) is 3.76. The van der Waals surface area contributed by atoms with Crippen molar-refractivity contribution in [1.82, 2.24) is 14.6 Å². The van der Waals surface area contributed by atoms with Crippen LogP contribution in [0.3, 0.4) is 0 Å². The first-order chi connectivity index (χ1) is 11.0. The van der Waals surface area contributed by atoms with E-state index in [9.17, 15) is 9.59 Å². The van der Waals surface area contributed by atoms with Crippen LogP contribution in [0.2, 0.25) is 0 Å². The lowest BCUT2D eigenvalue weighted by atomic mass is 10.2. The minimum Gasteiger partial charge on any atom is -0.326 e. The van der Waals surface area contributed by atoms with Gasteiger partial charge in [-0.3, -0.25) is 9.59 Å². The largest absolute Gasteiger partial charge is 0.326 e. The normalized spacial score (nSPS) is 10.5. The number of hydrogen-bond acceptors (Lipinski definition) is 4. The fourth-order valence-corrected chi connectivity index (χ4v) is 2.21. The van der Waals surface area contributed by atoms with Gasteiger partial charge in [0.15, 0.2) is 5.65 Å². The molecule has 116 valence electrons. The molecule has 0 aliphatic carbocycles. The van der Waals surface area contributed by atoms with Crippen LogP contribution in [0.5, 0.6) is 0 Å². The highest BCUT2D eigenvalue weighted by atomic mass is 16.2. The maximum absolute atomic E-state index is 12.3. The summed E-state index contributed by atoms with van der Waals surface area (Å²) >= 11 is 0. The molecule has 1 aromatic carbocycles. The molecule has 0 atom stereocenters. The summed E-state index contributed by atoms with van der Waals surface area (Å²) in [6, 6.07) is 10.3. The summed E-state index contributed by atoms with van der Waals surface area (Å²) < 4.78 is 1.61. The molecule has 3 aromatic rings. The zero-order valence-electron chi connectivity index (χ0n) is 12.7. The number of rotatable bonds is 3. The van der Waals surface area contributed by atoms with Crippen LogP contribution < -0.4 is 10.6 Å². The van der Waals surface area contributed by atoms with Gasteiger partial charge in [-0.1, -0.05) is 6.07 Å². The number of nitrogens with zero attached hydrogens (tertiary/aromatic N) is 3. The smallest absolute Gasteiger partial charge is 0.255 e. The number of anilines is 2. The van der Waals surface area contributed by atoms with Gasteiger partial charge in [-0.2, -0.15) is 5.10 Å². The second-order valence-corrected chi connectivity index (χ2v) is 5.10. The molecule has 0 bridgehead atoms. The number of aryl methyl sites for hydroxylation is 1. The Bertz CT molecular complexity index is 900. The van der Waals surface area contributed by atoms with Crippen molar-refractivity contribution in [2.75, 3.05) is 10.6 Å². The van der Waals surface area contributed by atoms with Crippen molar-refractivity contribution in [2.24, 2.45) is 0 Å². The van der Waals surface area contributed by atoms with Crippen molar-refractivity contribution in [3.63, 3.8) is 0 Å². The van der Waals surface area contributed by atoms with Crippen molar-refractivity contribution >= 4 is 28.8 Å². The van der Waals surface area contributed by atoms with E-state index in [0.29, 0.717) is 28.4 Å². The van der Waals surface area contributed by atoms with Gasteiger partial charge < -0.3 is 10.6 Å². The second kappa shape index (κ2) is 5.88. The van der Waals surface area contributed by atoms with Crippen LogP contribution in [0.15, 0.2) is 42.6 Å². The molecular weight excluding hydrogens is 294 g/mol. The van der Waals surface area contributed by atoms with E-state index in [1.807, 2.05) is 0 Å². The third-order valence-corrected chi connectivity index (χ3v) is 3.14. The van der Waals surface area contributed by atoms with Crippen molar-refractivity contribution in [1.29, 1.82) is 0 Å². The summed E-state index contributed by atoms with van der Waals surface area (Å²) in [5, 5.41) is 9.66. The van der Waals surface area contributed by atoms with Gasteiger partial charge in [-0.15, -0.1) is 0 Å². The van der Waals surface area contributed by atoms with Crippen LogP contribution in [-0.2, 0) is 4.79 Å². The van der Waals surface area contributed by atoms with E-state index in [0.717, 1.165) is 0 Å². The number of amides is 2. The lowest BCUT2D eigenvalue weighted by molar-refractivity contribution is -0.114. The summed E-state index contributed by atoms with van der Waals surface area (Å²) in [6.07, 6.45) is 1.70. The van der Waals surface area contributed by atoms with Gasteiger partial charge in [-0.25, -0.2) is 9.50 Å². The number of pyridine rings is 1. The van der Waals surface area contributed by atoms with Gasteiger partial charge >= 0.3 is 0 Å². The molecule has 0 aliphatic heterocycles. The number of aromatic nitrogens is 3. The highest BCUT2D eigenvalue weighted by molar-refractivity contribution is 6.05. The monoisotopic (exact) mass is 309 g/mol. The Morgan fingerprint density at radius 3 is 2.70 bits per heavy atom. The maximum Gasteiger partial charge on any atom is 0.255 e. The average molecular weight is 309 g/mol. The fourth-order valence-electron chi connectivity index (χ4n) is 2.21. The third kappa shape index (κ3) is 3.34. The Morgan fingerprint density at radius 1 is 1.09 bits per heavy atom. The molecule has 0 aliphatic rings. The SMILES string of the molecule is CC(=O)Nc1cccc(C(=O)Nc2ccc3nc(C)nn3c2)c1. The maximum atomic E-state index is 12.3. The molecule has 0 unspecified atom stereocenters. The number of hydrogen-bond donors (Lipinski definition) is 2. The van der Waals surface area contributed by atoms with Gasteiger partial charge in [0.1, 0.15) is 5.82 Å². The number of benzene rings is 1. The van der Waals surface area contributed by atoms with E-state index in [4.69, 9.17) is 0 Å². The highest BCUT2D eigenvalue weighted by Gasteiger charge is 2.08. The van der Waals surface area contributed by atoms with Crippen molar-refractivity contribution in [2.45, 2.75) is 13.8 Å². The lowest BCUT2D eigenvalue weighted by Gasteiger charge is -2.07. The average Bonchev–Trinajstić information content (AvgIpc) is 2.86. The summed E-state index contributed by atoms with van der Waals surface area (Å²) in [4.78, 5) is 27.6. The Labute approximate surface area is 132 Å². The molecule has 7 heteroatoms. The number of nitrogens with one attached hydrogen (secondary N) is 2. The van der Waals surface area contributed by atoms with Crippen LogP contribution >= 0.6 is 0 Å². The molecule has 0 radical (unpaired) electrons. The van der Waals surface area contributed by atoms with Crippen LogP contribution in [0.4, 0.5) is 11.4 Å². The topological polar surface area (TPSA) is 88.4 Å². The molecule has 2 aromatic heterocycles. The van der Waals surface area contributed by atoms with E-state index in [2.05, 4.69) is 20.7 Å². The quantitative estimate of drug-likeness (QED) is 0.776. The van der Waals surface area contributed by atoms with Crippen LogP contribution in [0.1, 0.15) is 23.1 Å². The van der Waals surface area contributed by atoms with Crippen LogP contribution in [-0.4, -0.2) is 26.4 Å². The Hall–Kier alpha value is -3.22. The summed E-state index contributed by atoms with van der Waals surface area (Å²) in [5.41, 5.74) is 2.35. The van der Waals surface area contributed by atoms with Crippen molar-refractivity contribution < 1.29 is 9.59 Å². The first-order valence-electron chi connectivity index (χ1n) is 7.03. The van der Waals surface area contributed by atoms with Crippen molar-refractivity contribution in [3.8, 4) is 0 Å². The van der Waals surface area contributed by atoms with Gasteiger partial charge in [-0.05, 0) is 37.3 Å². The zero-order chi connectivity index (χ0) is 16.4. The molecular formula is C16H15N5O2. The molecule has 0 fully saturated rings. The van der Waals surface area contributed by atoms with Gasteiger partial charge in [0, 0.05) is 18.2 Å². The molecule has 2 heterocycles. The molecule has 2 amide bonds. The minimum absolute atomic E-state index is 0.186. The molecule has 23 heavy (non-hydrogen) atoms. The standard InChI is InChI=1S/C16H15N5O2/c1-10-17-15-7-6-14(9-21(15)20-10)19-16(23)12-4-3-5-13(8-12)18-11(2)22/h3-9H,1-2H3,(H,18,22)(H,19,23). The van der Waals surface area contributed by atoms with Gasteiger partial charge in [0.25, 0.3) is 5.91 Å². The Balaban J connectivity index is 1.81. The van der Waals surface area contributed by atoms with E-state index in [1.54, 1.807) is 54.0 Å². The first-order valence-corrected chi connectivity index (χ1v) is 7.03. The first kappa shape index (κ1) is 14.7. The van der Waals surface area contributed by atoms with E-state index >= 15 is 0 Å². The molecule has 3 rings (SSSR count). The van der Waals surface area contributed by atoms with Crippen molar-refractivity contribution in [3.05, 3.63) is 54.0 Å². The number of carbonyl (C=O) groups is 2. The molecule has 0 spiro atoms. The Morgan fingerprint density at radius 2 is 1.91 bits per heavy atom. The molecule has 7 nitrogen and oxygen atoms in total. The second-order valence-electron chi connectivity index (χ2n) is 5.10.